The maximum absolute atomic E-state index is 10.8. The highest BCUT2D eigenvalue weighted by atomic mass is 32.1. The maximum atomic E-state index is 10.8. The Labute approximate surface area is 94.5 Å². The van der Waals surface area contributed by atoms with Gasteiger partial charge in [0.15, 0.2) is 0 Å². The molecule has 0 aliphatic heterocycles. The molecule has 0 saturated carbocycles. The van der Waals surface area contributed by atoms with Crippen molar-refractivity contribution in [1.29, 1.82) is 0 Å². The van der Waals surface area contributed by atoms with Gasteiger partial charge in [0, 0.05) is 18.9 Å². The summed E-state index contributed by atoms with van der Waals surface area (Å²) < 4.78 is 2.23. The van der Waals surface area contributed by atoms with Gasteiger partial charge in [0.25, 0.3) is 0 Å². The summed E-state index contributed by atoms with van der Waals surface area (Å²) in [6.07, 6.45) is -0.222. The minimum absolute atomic E-state index is 0.00287. The molecule has 0 spiro atoms. The Morgan fingerprint density at radius 2 is 2.12 bits per heavy atom. The van der Waals surface area contributed by atoms with E-state index in [1.807, 2.05) is 5.38 Å². The van der Waals surface area contributed by atoms with Gasteiger partial charge in [-0.1, -0.05) is 0 Å². The van der Waals surface area contributed by atoms with Gasteiger partial charge >= 0.3 is 0 Å². The van der Waals surface area contributed by atoms with Crippen molar-refractivity contribution in [2.24, 2.45) is 0 Å². The molecular weight excluding hydrogens is 230 g/mol. The summed E-state index contributed by atoms with van der Waals surface area (Å²) in [6.45, 7) is 0.0753. The van der Waals surface area contributed by atoms with E-state index in [1.54, 1.807) is 6.07 Å². The highest BCUT2D eigenvalue weighted by Crippen LogP contribution is 2.25. The first kappa shape index (κ1) is 10.7. The Kier molecular flexibility index (Phi) is 2.66. The van der Waals surface area contributed by atoms with E-state index in [0.717, 1.165) is 4.70 Å². The summed E-state index contributed by atoms with van der Waals surface area (Å²) >= 11 is 1.40. The number of aromatic carboxylic acids is 1. The zero-order chi connectivity index (χ0) is 11.7. The molecule has 0 fully saturated rings. The molecule has 0 aromatic carbocycles. The van der Waals surface area contributed by atoms with E-state index in [9.17, 15) is 19.8 Å². The Hall–Kier alpha value is -1.82. The van der Waals surface area contributed by atoms with Crippen molar-refractivity contribution in [1.82, 2.24) is 4.57 Å². The van der Waals surface area contributed by atoms with Crippen LogP contribution in [0.4, 0.5) is 0 Å². The van der Waals surface area contributed by atoms with Gasteiger partial charge < -0.3 is 24.4 Å². The van der Waals surface area contributed by atoms with Gasteiger partial charge in [0.1, 0.15) is 0 Å². The summed E-state index contributed by atoms with van der Waals surface area (Å²) in [5.41, 5.74) is 0.716. The van der Waals surface area contributed by atoms with Gasteiger partial charge in [0.05, 0.1) is 21.9 Å². The van der Waals surface area contributed by atoms with Gasteiger partial charge in [-0.05, 0) is 17.5 Å². The zero-order valence-electron chi connectivity index (χ0n) is 8.13. The molecule has 0 bridgehead atoms. The molecule has 6 heteroatoms. The smallest absolute Gasteiger partial charge is 0.0880 e. The van der Waals surface area contributed by atoms with Crippen molar-refractivity contribution in [3.63, 3.8) is 0 Å². The number of aryl methyl sites for hydroxylation is 1. The lowest BCUT2D eigenvalue weighted by Gasteiger charge is -2.10. The molecule has 2 rings (SSSR count). The number of nitrogens with zero attached hydrogens (tertiary/aromatic N) is 1. The second-order valence-electron chi connectivity index (χ2n) is 3.26. The monoisotopic (exact) mass is 237 g/mol. The fourth-order valence-corrected chi connectivity index (χ4v) is 2.41. The van der Waals surface area contributed by atoms with Crippen molar-refractivity contribution in [2.75, 3.05) is 0 Å². The number of aliphatic carboxylic acids is 1. The SMILES string of the molecule is O=C([O-])CCn1c(C(=O)[O-])cc2sccc21. The standard InChI is InChI=1S/C10H9NO4S/c12-9(13)1-3-11-6-2-4-16-8(6)5-7(11)10(14)15/h2,4-5H,1,3H2,(H,12,13)(H,14,15)/p-2. The third kappa shape index (κ3) is 1.79. The molecule has 0 aliphatic rings. The third-order valence-corrected chi connectivity index (χ3v) is 3.12. The summed E-state index contributed by atoms with van der Waals surface area (Å²) in [6, 6.07) is 3.24. The molecule has 0 radical (unpaired) electrons. The van der Waals surface area contributed by atoms with Gasteiger partial charge in [-0.15, -0.1) is 11.3 Å². The second kappa shape index (κ2) is 3.97. The van der Waals surface area contributed by atoms with Crippen molar-refractivity contribution >= 4 is 33.5 Å². The molecule has 0 atom stereocenters. The lowest BCUT2D eigenvalue weighted by atomic mass is 10.4. The van der Waals surface area contributed by atoms with E-state index in [2.05, 4.69) is 0 Å². The number of hydrogen-bond acceptors (Lipinski definition) is 5. The fourth-order valence-electron chi connectivity index (χ4n) is 1.59. The first-order valence-corrected chi connectivity index (χ1v) is 5.45. The van der Waals surface area contributed by atoms with Crippen LogP contribution < -0.4 is 10.2 Å². The normalized spacial score (nSPS) is 10.8. The maximum Gasteiger partial charge on any atom is 0.0880 e. The van der Waals surface area contributed by atoms with Crippen LogP contribution in [0.25, 0.3) is 10.2 Å². The van der Waals surface area contributed by atoms with Crippen LogP contribution in [-0.2, 0) is 11.3 Å². The fraction of sp³-hybridized carbons (Fsp3) is 0.200. The number of carbonyl (C=O) groups excluding carboxylic acids is 2. The Morgan fingerprint density at radius 1 is 1.38 bits per heavy atom. The summed E-state index contributed by atoms with van der Waals surface area (Å²) in [5.74, 6) is -2.51. The van der Waals surface area contributed by atoms with Crippen LogP contribution in [0.5, 0.6) is 0 Å². The molecule has 0 saturated heterocycles. The van der Waals surface area contributed by atoms with Crippen LogP contribution in [0.3, 0.4) is 0 Å². The van der Waals surface area contributed by atoms with E-state index in [-0.39, 0.29) is 18.7 Å². The van der Waals surface area contributed by atoms with Gasteiger partial charge in [0.2, 0.25) is 0 Å². The number of carbonyl (C=O) groups is 2. The van der Waals surface area contributed by atoms with Gasteiger partial charge in [-0.2, -0.15) is 0 Å². The third-order valence-electron chi connectivity index (χ3n) is 2.27. The molecular formula is C10H7NO4S-2. The zero-order valence-corrected chi connectivity index (χ0v) is 8.95. The molecule has 2 aromatic rings. The minimum Gasteiger partial charge on any atom is -0.550 e. The van der Waals surface area contributed by atoms with Crippen LogP contribution >= 0.6 is 11.3 Å². The van der Waals surface area contributed by atoms with E-state index in [0.29, 0.717) is 5.52 Å². The highest BCUT2D eigenvalue weighted by Gasteiger charge is 2.10. The van der Waals surface area contributed by atoms with Crippen LogP contribution in [0.2, 0.25) is 0 Å². The lowest BCUT2D eigenvalue weighted by Crippen LogP contribution is -2.28. The van der Waals surface area contributed by atoms with E-state index in [1.165, 1.54) is 22.0 Å². The molecule has 5 nitrogen and oxygen atoms in total. The van der Waals surface area contributed by atoms with Crippen LogP contribution in [0, 0.1) is 0 Å². The Bertz CT molecular complexity index is 554. The van der Waals surface area contributed by atoms with Gasteiger partial charge in [-0.25, -0.2) is 0 Å². The Morgan fingerprint density at radius 3 is 2.75 bits per heavy atom. The predicted octanol–water partition coefficient (Wildman–Crippen LogP) is -0.794. The highest BCUT2D eigenvalue weighted by molar-refractivity contribution is 7.17. The van der Waals surface area contributed by atoms with Crippen LogP contribution in [-0.4, -0.2) is 16.5 Å². The second-order valence-corrected chi connectivity index (χ2v) is 4.21. The number of fused-ring (bicyclic) bond motifs is 1. The molecule has 84 valence electrons. The molecule has 16 heavy (non-hydrogen) atoms. The first-order valence-electron chi connectivity index (χ1n) is 4.57. The lowest BCUT2D eigenvalue weighted by molar-refractivity contribution is -0.306. The quantitative estimate of drug-likeness (QED) is 0.697. The number of aromatic nitrogens is 1. The molecule has 0 unspecified atom stereocenters. The number of carboxylic acid groups (broad SMARTS) is 2. The van der Waals surface area contributed by atoms with Crippen molar-refractivity contribution in [3.05, 3.63) is 23.2 Å². The average Bonchev–Trinajstić information content (AvgIpc) is 2.73. The molecule has 0 amide bonds. The number of thiophene rings is 1. The first-order chi connectivity index (χ1) is 7.59. The van der Waals surface area contributed by atoms with Crippen LogP contribution in [0.1, 0.15) is 16.9 Å². The predicted molar refractivity (Wildman–Crippen MR) is 53.8 cm³/mol. The average molecular weight is 237 g/mol. The molecule has 2 heterocycles. The van der Waals surface area contributed by atoms with Gasteiger partial charge in [-0.3, -0.25) is 0 Å². The molecule has 2 aromatic heterocycles. The minimum atomic E-state index is -1.30. The number of rotatable bonds is 4. The Balaban J connectivity index is 2.44. The number of carboxylic acids is 2. The topological polar surface area (TPSA) is 85.2 Å². The summed E-state index contributed by atoms with van der Waals surface area (Å²) in [4.78, 5) is 21.2. The van der Waals surface area contributed by atoms with Crippen molar-refractivity contribution in [2.45, 2.75) is 13.0 Å². The van der Waals surface area contributed by atoms with E-state index in [4.69, 9.17) is 0 Å². The molecule has 0 aliphatic carbocycles. The number of hydrogen-bond donors (Lipinski definition) is 0. The summed E-state index contributed by atoms with van der Waals surface area (Å²) in [5, 5.41) is 23.0. The van der Waals surface area contributed by atoms with Crippen molar-refractivity contribution < 1.29 is 19.8 Å². The molecule has 0 N–H and O–H groups in total. The van der Waals surface area contributed by atoms with E-state index >= 15 is 0 Å². The van der Waals surface area contributed by atoms with E-state index < -0.39 is 11.9 Å². The van der Waals surface area contributed by atoms with Crippen LogP contribution in [0.15, 0.2) is 17.5 Å². The summed E-state index contributed by atoms with van der Waals surface area (Å²) in [7, 11) is 0. The van der Waals surface area contributed by atoms with Crippen molar-refractivity contribution in [3.8, 4) is 0 Å². The largest absolute Gasteiger partial charge is 0.550 e.